The van der Waals surface area contributed by atoms with E-state index in [-0.39, 0.29) is 28.7 Å². The molecule has 1 amide bonds. The number of benzene rings is 1. The minimum absolute atomic E-state index is 0.00842. The number of piperidine rings is 1. The molecule has 1 fully saturated rings. The maximum atomic E-state index is 13.1. The van der Waals surface area contributed by atoms with Crippen molar-refractivity contribution in [2.24, 2.45) is 17.6 Å². The van der Waals surface area contributed by atoms with Crippen LogP contribution in [0.4, 0.5) is 0 Å². The van der Waals surface area contributed by atoms with Gasteiger partial charge < -0.3 is 15.4 Å². The Hall–Kier alpha value is -1.64. The third-order valence-corrected chi connectivity index (χ3v) is 6.55. The van der Waals surface area contributed by atoms with Crippen molar-refractivity contribution in [2.75, 3.05) is 20.2 Å². The summed E-state index contributed by atoms with van der Waals surface area (Å²) in [5.74, 6) is 0.447. The number of carbonyl (C=O) groups is 1. The number of nitrogens with zero attached hydrogens (tertiary/aromatic N) is 1. The number of methoxy groups -OCH3 is 1. The van der Waals surface area contributed by atoms with Gasteiger partial charge in [0.15, 0.2) is 0 Å². The first-order valence-corrected chi connectivity index (χ1v) is 10.8. The molecule has 3 N–H and O–H groups in total. The number of rotatable bonds is 7. The number of sulfonamides is 1. The first kappa shape index (κ1) is 21.7. The Labute approximate surface area is 162 Å². The zero-order valence-electron chi connectivity index (χ0n) is 16.5. The molecule has 1 saturated heterocycles. The van der Waals surface area contributed by atoms with Crippen LogP contribution in [0.1, 0.15) is 33.6 Å². The number of nitrogens with one attached hydrogen (secondary N) is 1. The van der Waals surface area contributed by atoms with E-state index in [1.165, 1.54) is 19.2 Å². The second-order valence-electron chi connectivity index (χ2n) is 7.56. The van der Waals surface area contributed by atoms with E-state index in [4.69, 9.17) is 10.5 Å². The van der Waals surface area contributed by atoms with Gasteiger partial charge >= 0.3 is 0 Å². The molecular weight excluding hydrogens is 366 g/mol. The van der Waals surface area contributed by atoms with E-state index in [1.54, 1.807) is 17.0 Å². The molecule has 0 aliphatic carbocycles. The largest absolute Gasteiger partial charge is 0.497 e. The Morgan fingerprint density at radius 3 is 2.41 bits per heavy atom. The molecule has 2 rings (SSSR count). The maximum Gasteiger partial charge on any atom is 0.241 e. The molecule has 1 aliphatic rings. The van der Waals surface area contributed by atoms with Crippen LogP contribution >= 0.6 is 0 Å². The lowest BCUT2D eigenvalue weighted by atomic mass is 9.91. The van der Waals surface area contributed by atoms with E-state index in [2.05, 4.69) is 4.72 Å². The summed E-state index contributed by atoms with van der Waals surface area (Å²) in [4.78, 5) is 14.9. The smallest absolute Gasteiger partial charge is 0.241 e. The van der Waals surface area contributed by atoms with Gasteiger partial charge in [0, 0.05) is 19.1 Å². The van der Waals surface area contributed by atoms with Crippen molar-refractivity contribution in [1.29, 1.82) is 0 Å². The first-order valence-electron chi connectivity index (χ1n) is 9.36. The van der Waals surface area contributed by atoms with Crippen molar-refractivity contribution < 1.29 is 17.9 Å². The molecule has 1 heterocycles. The third-order valence-electron chi connectivity index (χ3n) is 5.10. The number of hydrogen-bond acceptors (Lipinski definition) is 5. The van der Waals surface area contributed by atoms with Crippen LogP contribution in [-0.4, -0.2) is 51.5 Å². The molecule has 0 saturated carbocycles. The fourth-order valence-corrected chi connectivity index (χ4v) is 4.64. The van der Waals surface area contributed by atoms with E-state index in [0.717, 1.165) is 12.8 Å². The van der Waals surface area contributed by atoms with Crippen LogP contribution in [0.2, 0.25) is 0 Å². The van der Waals surface area contributed by atoms with Gasteiger partial charge in [-0.25, -0.2) is 8.42 Å². The summed E-state index contributed by atoms with van der Waals surface area (Å²) < 4.78 is 33.2. The summed E-state index contributed by atoms with van der Waals surface area (Å²) >= 11 is 0. The van der Waals surface area contributed by atoms with Crippen molar-refractivity contribution in [3.05, 3.63) is 24.3 Å². The molecule has 1 aliphatic heterocycles. The van der Waals surface area contributed by atoms with Gasteiger partial charge in [-0.15, -0.1) is 0 Å². The quantitative estimate of drug-likeness (QED) is 0.727. The molecule has 0 spiro atoms. The van der Waals surface area contributed by atoms with Crippen molar-refractivity contribution in [2.45, 2.75) is 50.6 Å². The summed E-state index contributed by atoms with van der Waals surface area (Å²) in [5, 5.41) is 0. The molecule has 0 aromatic heterocycles. The van der Waals surface area contributed by atoms with Gasteiger partial charge in [0.05, 0.1) is 12.0 Å². The highest BCUT2D eigenvalue weighted by Crippen LogP contribution is 2.22. The molecular formula is C19H31N3O4S. The van der Waals surface area contributed by atoms with Gasteiger partial charge in [-0.3, -0.25) is 4.79 Å². The highest BCUT2D eigenvalue weighted by molar-refractivity contribution is 7.89. The summed E-state index contributed by atoms with van der Waals surface area (Å²) in [6.45, 7) is 6.84. The lowest BCUT2D eigenvalue weighted by Crippen LogP contribution is -2.54. The number of nitrogens with two attached hydrogens (primary N) is 1. The normalized spacial score (nSPS) is 20.4. The predicted octanol–water partition coefficient (Wildman–Crippen LogP) is 1.58. The SMILES string of the molecule is COc1ccc(S(=O)(=O)NC(C(=O)N2CCCC(C(C)N)C2)C(C)C)cc1. The minimum atomic E-state index is -3.82. The van der Waals surface area contributed by atoms with Crippen molar-refractivity contribution in [1.82, 2.24) is 9.62 Å². The Kier molecular flexibility index (Phi) is 7.25. The summed E-state index contributed by atoms with van der Waals surface area (Å²) in [5.41, 5.74) is 6.01. The minimum Gasteiger partial charge on any atom is -0.497 e. The zero-order valence-corrected chi connectivity index (χ0v) is 17.3. The monoisotopic (exact) mass is 397 g/mol. The van der Waals surface area contributed by atoms with Crippen LogP contribution in [0.5, 0.6) is 5.75 Å². The topological polar surface area (TPSA) is 102 Å². The molecule has 1 aromatic carbocycles. The van der Waals surface area contributed by atoms with Crippen LogP contribution in [0.25, 0.3) is 0 Å². The standard InChI is InChI=1S/C19H31N3O4S/c1-13(2)18(19(23)22-11-5-6-15(12-22)14(3)20)21-27(24,25)17-9-7-16(26-4)8-10-17/h7-10,13-15,18,21H,5-6,11-12,20H2,1-4H3. The molecule has 8 heteroatoms. The van der Waals surface area contributed by atoms with Gasteiger partial charge in [0.1, 0.15) is 11.8 Å². The average molecular weight is 398 g/mol. The van der Waals surface area contributed by atoms with Crippen LogP contribution < -0.4 is 15.2 Å². The lowest BCUT2D eigenvalue weighted by Gasteiger charge is -2.37. The number of ether oxygens (including phenoxy) is 1. The number of hydrogen-bond donors (Lipinski definition) is 2. The zero-order chi connectivity index (χ0) is 20.2. The van der Waals surface area contributed by atoms with E-state index >= 15 is 0 Å². The molecule has 27 heavy (non-hydrogen) atoms. The molecule has 1 aromatic rings. The number of likely N-dealkylation sites (tertiary alicyclic amines) is 1. The van der Waals surface area contributed by atoms with E-state index in [0.29, 0.717) is 18.8 Å². The fourth-order valence-electron chi connectivity index (χ4n) is 3.30. The average Bonchev–Trinajstić information content (AvgIpc) is 2.65. The molecule has 3 unspecified atom stereocenters. The predicted molar refractivity (Wildman–Crippen MR) is 105 cm³/mol. The third kappa shape index (κ3) is 5.43. The summed E-state index contributed by atoms with van der Waals surface area (Å²) in [6, 6.07) is 5.29. The molecule has 0 radical (unpaired) electrons. The maximum absolute atomic E-state index is 13.1. The van der Waals surface area contributed by atoms with Gasteiger partial charge in [0.25, 0.3) is 0 Å². The van der Waals surface area contributed by atoms with Crippen LogP contribution in [0.15, 0.2) is 29.2 Å². The fraction of sp³-hybridized carbons (Fsp3) is 0.632. The second-order valence-corrected chi connectivity index (χ2v) is 9.28. The van der Waals surface area contributed by atoms with Crippen LogP contribution in [-0.2, 0) is 14.8 Å². The van der Waals surface area contributed by atoms with Crippen LogP contribution in [0, 0.1) is 11.8 Å². The van der Waals surface area contributed by atoms with Gasteiger partial charge in [0.2, 0.25) is 15.9 Å². The van der Waals surface area contributed by atoms with E-state index in [9.17, 15) is 13.2 Å². The molecule has 152 valence electrons. The van der Waals surface area contributed by atoms with Crippen molar-refractivity contribution in [3.63, 3.8) is 0 Å². The van der Waals surface area contributed by atoms with Crippen LogP contribution in [0.3, 0.4) is 0 Å². The van der Waals surface area contributed by atoms with Gasteiger partial charge in [-0.05, 0) is 55.9 Å². The second kappa shape index (κ2) is 9.03. The molecule has 3 atom stereocenters. The van der Waals surface area contributed by atoms with Gasteiger partial charge in [-0.2, -0.15) is 4.72 Å². The lowest BCUT2D eigenvalue weighted by molar-refractivity contribution is -0.136. The van der Waals surface area contributed by atoms with Gasteiger partial charge in [-0.1, -0.05) is 13.8 Å². The Morgan fingerprint density at radius 2 is 1.89 bits per heavy atom. The Morgan fingerprint density at radius 1 is 1.26 bits per heavy atom. The van der Waals surface area contributed by atoms with Crippen molar-refractivity contribution in [3.8, 4) is 5.75 Å². The van der Waals surface area contributed by atoms with E-state index < -0.39 is 16.1 Å². The summed E-state index contributed by atoms with van der Waals surface area (Å²) in [6.07, 6.45) is 1.87. The highest BCUT2D eigenvalue weighted by atomic mass is 32.2. The molecule has 7 nitrogen and oxygen atoms in total. The highest BCUT2D eigenvalue weighted by Gasteiger charge is 2.34. The first-order chi connectivity index (χ1) is 12.7. The Bertz CT molecular complexity index is 732. The molecule has 0 bridgehead atoms. The number of amides is 1. The Balaban J connectivity index is 2.17. The summed E-state index contributed by atoms with van der Waals surface area (Å²) in [7, 11) is -2.30. The van der Waals surface area contributed by atoms with E-state index in [1.807, 2.05) is 20.8 Å². The number of carbonyl (C=O) groups excluding carboxylic acids is 1. The van der Waals surface area contributed by atoms with Crippen molar-refractivity contribution >= 4 is 15.9 Å².